The second-order valence-electron chi connectivity index (χ2n) is 1.96. The van der Waals surface area contributed by atoms with Crippen molar-refractivity contribution in [2.24, 2.45) is 0 Å². The van der Waals surface area contributed by atoms with Crippen LogP contribution in [0.2, 0.25) is 11.1 Å². The number of nitrogens with one attached hydrogen (secondary N) is 1. The van der Waals surface area contributed by atoms with Crippen molar-refractivity contribution in [3.63, 3.8) is 0 Å². The van der Waals surface area contributed by atoms with Crippen LogP contribution in [0.4, 0.5) is 0 Å². The summed E-state index contributed by atoms with van der Waals surface area (Å²) in [4.78, 5) is 10.4. The first-order valence-corrected chi connectivity index (χ1v) is 6.03. The van der Waals surface area contributed by atoms with Gasteiger partial charge in [-0.05, 0) is 0 Å². The van der Waals surface area contributed by atoms with E-state index in [0.29, 0.717) is 15.0 Å². The van der Waals surface area contributed by atoms with Gasteiger partial charge in [-0.3, -0.25) is 0 Å². The summed E-state index contributed by atoms with van der Waals surface area (Å²) in [7, 11) is 1.68. The number of aliphatic carboxylic acids is 1. The first-order valence-electron chi connectivity index (χ1n) is 3.11. The summed E-state index contributed by atoms with van der Waals surface area (Å²) in [5.74, 6) is 1.37. The molecule has 0 rings (SSSR count). The molecule has 0 amide bonds. The van der Waals surface area contributed by atoms with E-state index in [4.69, 9.17) is 5.11 Å². The summed E-state index contributed by atoms with van der Waals surface area (Å²) >= 11 is 0.588. The second kappa shape index (κ2) is 5.71. The number of hydrogen-bond donors (Lipinski definition) is 2. The number of likely N-dealkylation sites (N-methyl/N-ethyl adjacent to an activating group) is 1. The summed E-state index contributed by atoms with van der Waals surface area (Å²) in [5, 5.41) is 12.3. The van der Waals surface area contributed by atoms with Gasteiger partial charge < -0.3 is 0 Å². The topological polar surface area (TPSA) is 49.3 Å². The third-order valence-electron chi connectivity index (χ3n) is 1.26. The van der Waals surface area contributed by atoms with Gasteiger partial charge in [0.25, 0.3) is 0 Å². The van der Waals surface area contributed by atoms with Crippen molar-refractivity contribution in [1.82, 2.24) is 5.32 Å². The molecule has 0 aliphatic heterocycles. The molecule has 0 aliphatic carbocycles. The van der Waals surface area contributed by atoms with Crippen LogP contribution in [0.5, 0.6) is 0 Å². The fraction of sp³-hybridized carbons (Fsp3) is 0.833. The molecule has 0 radical (unpaired) electrons. The van der Waals surface area contributed by atoms with Gasteiger partial charge in [0.1, 0.15) is 0 Å². The molecular weight excluding hydrogens is 197 g/mol. The summed E-state index contributed by atoms with van der Waals surface area (Å²) in [6, 6.07) is -0.346. The zero-order valence-corrected chi connectivity index (χ0v) is 7.97. The van der Waals surface area contributed by atoms with Gasteiger partial charge in [0, 0.05) is 0 Å². The molecule has 0 aromatic carbocycles. The van der Waals surface area contributed by atoms with Crippen molar-refractivity contribution >= 4 is 20.9 Å². The molecule has 60 valence electrons. The fourth-order valence-electron chi connectivity index (χ4n) is 0.627. The number of rotatable bonds is 5. The molecule has 0 aromatic rings. The maximum atomic E-state index is 10.4. The molecule has 0 saturated heterocycles. The minimum absolute atomic E-state index is 0.346. The van der Waals surface area contributed by atoms with Crippen LogP contribution < -0.4 is 5.32 Å². The molecule has 0 saturated carbocycles. The normalized spacial score (nSPS) is 13.0. The van der Waals surface area contributed by atoms with Crippen molar-refractivity contribution in [3.8, 4) is 0 Å². The van der Waals surface area contributed by atoms with Gasteiger partial charge >= 0.3 is 66.8 Å². The van der Waals surface area contributed by atoms with Gasteiger partial charge in [-0.25, -0.2) is 0 Å². The quantitative estimate of drug-likeness (QED) is 0.638. The Morgan fingerprint density at radius 1 is 1.80 bits per heavy atom. The molecule has 0 spiro atoms. The van der Waals surface area contributed by atoms with Crippen molar-refractivity contribution in [2.75, 3.05) is 7.05 Å². The van der Waals surface area contributed by atoms with E-state index in [2.05, 4.69) is 11.1 Å². The number of hydrogen-bond acceptors (Lipinski definition) is 2. The SMILES string of the molecule is CNC(CC[Se]C)C(=O)O. The molecule has 1 atom stereocenters. The summed E-state index contributed by atoms with van der Waals surface area (Å²) in [5.41, 5.74) is 0. The van der Waals surface area contributed by atoms with Crippen LogP contribution in [0, 0.1) is 0 Å². The van der Waals surface area contributed by atoms with E-state index in [1.807, 2.05) is 0 Å². The van der Waals surface area contributed by atoms with E-state index in [1.165, 1.54) is 0 Å². The fourth-order valence-corrected chi connectivity index (χ4v) is 1.62. The molecule has 2 N–H and O–H groups in total. The van der Waals surface area contributed by atoms with Gasteiger partial charge in [0.15, 0.2) is 0 Å². The molecule has 4 heteroatoms. The number of carbonyl (C=O) groups is 1. The zero-order chi connectivity index (χ0) is 7.98. The average molecular weight is 210 g/mol. The van der Waals surface area contributed by atoms with Crippen LogP contribution in [0.25, 0.3) is 0 Å². The van der Waals surface area contributed by atoms with Crippen molar-refractivity contribution < 1.29 is 9.90 Å². The third-order valence-corrected chi connectivity index (χ3v) is 2.61. The van der Waals surface area contributed by atoms with Crippen molar-refractivity contribution in [3.05, 3.63) is 0 Å². The van der Waals surface area contributed by atoms with E-state index in [0.717, 1.165) is 11.7 Å². The predicted molar refractivity (Wildman–Crippen MR) is 41.5 cm³/mol. The first kappa shape index (κ1) is 9.95. The van der Waals surface area contributed by atoms with E-state index < -0.39 is 5.97 Å². The monoisotopic (exact) mass is 211 g/mol. The summed E-state index contributed by atoms with van der Waals surface area (Å²) < 4.78 is 0. The van der Waals surface area contributed by atoms with Crippen LogP contribution >= 0.6 is 0 Å². The predicted octanol–water partition coefficient (Wildman–Crippen LogP) is 0.220. The standard InChI is InChI=1S/C6H13NO2Se/c1-7-5(6(8)9)3-4-10-2/h5,7H,3-4H2,1-2H3,(H,8,9). The minimum atomic E-state index is -0.744. The van der Waals surface area contributed by atoms with Crippen LogP contribution in [0.1, 0.15) is 6.42 Å². The van der Waals surface area contributed by atoms with E-state index in [9.17, 15) is 4.79 Å². The van der Waals surface area contributed by atoms with Crippen LogP contribution in [-0.4, -0.2) is 39.1 Å². The van der Waals surface area contributed by atoms with Gasteiger partial charge in [-0.15, -0.1) is 0 Å². The van der Waals surface area contributed by atoms with Crippen molar-refractivity contribution in [2.45, 2.75) is 23.6 Å². The second-order valence-corrected chi connectivity index (χ2v) is 4.03. The Kier molecular flexibility index (Phi) is 5.68. The van der Waals surface area contributed by atoms with Gasteiger partial charge in [0.2, 0.25) is 0 Å². The van der Waals surface area contributed by atoms with E-state index in [-0.39, 0.29) is 6.04 Å². The molecule has 0 bridgehead atoms. The van der Waals surface area contributed by atoms with Gasteiger partial charge in [-0.1, -0.05) is 0 Å². The average Bonchev–Trinajstić information content (AvgIpc) is 1.89. The van der Waals surface area contributed by atoms with Gasteiger partial charge in [-0.2, -0.15) is 0 Å². The van der Waals surface area contributed by atoms with E-state index in [1.54, 1.807) is 7.05 Å². The molecule has 0 fully saturated rings. The van der Waals surface area contributed by atoms with Crippen molar-refractivity contribution in [1.29, 1.82) is 0 Å². The molecule has 0 aromatic heterocycles. The Morgan fingerprint density at radius 3 is 2.70 bits per heavy atom. The van der Waals surface area contributed by atoms with Gasteiger partial charge in [0.05, 0.1) is 0 Å². The number of carboxylic acid groups (broad SMARTS) is 1. The maximum absolute atomic E-state index is 10.4. The Labute approximate surface area is 67.4 Å². The molecular formula is C6H13NO2Se. The molecule has 0 heterocycles. The third kappa shape index (κ3) is 3.88. The molecule has 1 unspecified atom stereocenters. The van der Waals surface area contributed by atoms with Crippen LogP contribution in [0.15, 0.2) is 0 Å². The van der Waals surface area contributed by atoms with Crippen LogP contribution in [-0.2, 0) is 4.79 Å². The van der Waals surface area contributed by atoms with E-state index >= 15 is 0 Å². The molecule has 3 nitrogen and oxygen atoms in total. The van der Waals surface area contributed by atoms with Crippen LogP contribution in [0.3, 0.4) is 0 Å². The summed E-state index contributed by atoms with van der Waals surface area (Å²) in [6.07, 6.45) is 0.752. The number of carboxylic acids is 1. The molecule has 0 aliphatic rings. The Morgan fingerprint density at radius 2 is 2.40 bits per heavy atom. The Hall–Kier alpha value is -0.0505. The first-order chi connectivity index (χ1) is 4.72. The Bertz CT molecular complexity index is 108. The zero-order valence-electron chi connectivity index (χ0n) is 6.26. The summed E-state index contributed by atoms with van der Waals surface area (Å²) in [6.45, 7) is 0. The molecule has 10 heavy (non-hydrogen) atoms. The Balaban J connectivity index is 3.50.